The van der Waals surface area contributed by atoms with Crippen LogP contribution in [0.25, 0.3) is 5.69 Å². The molecule has 0 spiro atoms. The fourth-order valence-electron chi connectivity index (χ4n) is 5.48. The number of halogens is 3. The van der Waals surface area contributed by atoms with E-state index in [-0.39, 0.29) is 11.3 Å². The van der Waals surface area contributed by atoms with Crippen molar-refractivity contribution in [1.82, 2.24) is 19.7 Å². The summed E-state index contributed by atoms with van der Waals surface area (Å²) in [5.41, 5.74) is 0.521. The minimum atomic E-state index is -4.48. The molecule has 204 valence electrons. The third-order valence-electron chi connectivity index (χ3n) is 7.77. The number of hydrogen-bond acceptors (Lipinski definition) is 6. The number of anilines is 1. The van der Waals surface area contributed by atoms with Gasteiger partial charge in [-0.05, 0) is 62.9 Å². The van der Waals surface area contributed by atoms with Crippen molar-refractivity contribution in [3.05, 3.63) is 71.3 Å². The van der Waals surface area contributed by atoms with E-state index in [1.165, 1.54) is 29.2 Å². The molecule has 5 rings (SSSR count). The van der Waals surface area contributed by atoms with E-state index in [1.807, 2.05) is 0 Å². The zero-order valence-electron chi connectivity index (χ0n) is 21.5. The first-order chi connectivity index (χ1) is 18.7. The van der Waals surface area contributed by atoms with Gasteiger partial charge in [-0.2, -0.15) is 23.5 Å². The van der Waals surface area contributed by atoms with Gasteiger partial charge in [-0.3, -0.25) is 14.7 Å². The van der Waals surface area contributed by atoms with Gasteiger partial charge >= 0.3 is 6.18 Å². The van der Waals surface area contributed by atoms with E-state index >= 15 is 0 Å². The number of nitrogens with zero attached hydrogens (tertiary/aromatic N) is 5. The Kier molecular flexibility index (Phi) is 7.42. The fraction of sp³-hybridized carbons (Fsp3) is 0.429. The van der Waals surface area contributed by atoms with Crippen LogP contribution in [0.2, 0.25) is 0 Å². The average molecular weight is 539 g/mol. The number of hydrogen-bond donors (Lipinski definition) is 1. The average Bonchev–Trinajstić information content (AvgIpc) is 3.35. The quantitative estimate of drug-likeness (QED) is 0.497. The van der Waals surface area contributed by atoms with Gasteiger partial charge < -0.3 is 10.1 Å². The molecule has 0 bridgehead atoms. The van der Waals surface area contributed by atoms with Gasteiger partial charge in [0.1, 0.15) is 0 Å². The highest BCUT2D eigenvalue weighted by Crippen LogP contribution is 2.40. The lowest BCUT2D eigenvalue weighted by atomic mass is 9.71. The molecule has 1 N–H and O–H groups in total. The van der Waals surface area contributed by atoms with Crippen LogP contribution >= 0.6 is 0 Å². The van der Waals surface area contributed by atoms with Crippen LogP contribution in [0.4, 0.5) is 18.9 Å². The van der Waals surface area contributed by atoms with Gasteiger partial charge in [0.15, 0.2) is 0 Å². The Balaban J connectivity index is 1.26. The van der Waals surface area contributed by atoms with Gasteiger partial charge in [-0.15, -0.1) is 0 Å². The highest BCUT2D eigenvalue weighted by molar-refractivity contribution is 6.04. The van der Waals surface area contributed by atoms with Crippen LogP contribution in [-0.2, 0) is 16.3 Å². The molecule has 1 saturated heterocycles. The van der Waals surface area contributed by atoms with Crippen LogP contribution in [0.1, 0.15) is 53.0 Å². The van der Waals surface area contributed by atoms with Gasteiger partial charge in [0.05, 0.1) is 71.0 Å². The van der Waals surface area contributed by atoms with E-state index in [2.05, 4.69) is 26.4 Å². The number of nitriles is 1. The van der Waals surface area contributed by atoms with Crippen molar-refractivity contribution in [2.24, 2.45) is 0 Å². The maximum atomic E-state index is 13.1. The number of amides is 1. The smallest absolute Gasteiger partial charge is 0.379 e. The van der Waals surface area contributed by atoms with Crippen molar-refractivity contribution in [1.29, 1.82) is 5.26 Å². The van der Waals surface area contributed by atoms with E-state index in [1.54, 1.807) is 19.1 Å². The Morgan fingerprint density at radius 3 is 2.54 bits per heavy atom. The number of carbonyl (C=O) groups excluding carboxylic acids is 1. The predicted molar refractivity (Wildman–Crippen MR) is 137 cm³/mol. The molecule has 8 nitrogen and oxygen atoms in total. The second-order valence-electron chi connectivity index (χ2n) is 10.1. The number of aromatic nitrogens is 3. The molecule has 1 aromatic carbocycles. The zero-order chi connectivity index (χ0) is 27.6. The molecule has 2 fully saturated rings. The van der Waals surface area contributed by atoms with Crippen molar-refractivity contribution in [2.45, 2.75) is 50.2 Å². The largest absolute Gasteiger partial charge is 0.416 e. The molecule has 0 unspecified atom stereocenters. The minimum Gasteiger partial charge on any atom is -0.379 e. The molecule has 0 radical (unpaired) electrons. The highest BCUT2D eigenvalue weighted by atomic mass is 19.4. The van der Waals surface area contributed by atoms with Crippen molar-refractivity contribution in [3.8, 4) is 11.8 Å². The topological polar surface area (TPSA) is 96.1 Å². The van der Waals surface area contributed by atoms with Crippen LogP contribution in [0.15, 0.2) is 48.8 Å². The van der Waals surface area contributed by atoms with Gasteiger partial charge in [0.25, 0.3) is 5.91 Å². The van der Waals surface area contributed by atoms with Crippen LogP contribution in [0.3, 0.4) is 0 Å². The van der Waals surface area contributed by atoms with Crippen LogP contribution in [0.5, 0.6) is 0 Å². The molecule has 1 amide bonds. The molecule has 1 aliphatic carbocycles. The Bertz CT molecular complexity index is 1370. The number of benzene rings is 1. The maximum Gasteiger partial charge on any atom is 0.416 e. The number of rotatable bonds is 5. The standard InChI is InChI=1S/C28H29F3N6O2/c1-19-24(17-34-37(19)23-4-2-3-20(15-23)28(29,30)31)26(38)35-21-5-6-25(33-16-21)27(18-32)9-7-22(8-10-27)36-11-13-39-14-12-36/h2-6,15-17,22H,7-14H2,1H3,(H,35,38). The normalized spacial score (nSPS) is 22.3. The van der Waals surface area contributed by atoms with Gasteiger partial charge in [0.2, 0.25) is 0 Å². The van der Waals surface area contributed by atoms with E-state index in [4.69, 9.17) is 4.74 Å². The summed E-state index contributed by atoms with van der Waals surface area (Å²) in [5.74, 6) is -0.457. The van der Waals surface area contributed by atoms with Gasteiger partial charge in [-0.25, -0.2) is 4.68 Å². The number of morpholine rings is 1. The zero-order valence-corrected chi connectivity index (χ0v) is 21.5. The molecule has 3 heterocycles. The molecule has 3 aromatic rings. The predicted octanol–water partition coefficient (Wildman–Crippen LogP) is 4.88. The molecule has 0 atom stereocenters. The van der Waals surface area contributed by atoms with Crippen molar-refractivity contribution in [3.63, 3.8) is 0 Å². The third kappa shape index (κ3) is 5.53. The fourth-order valence-corrected chi connectivity index (χ4v) is 5.48. The molecule has 39 heavy (non-hydrogen) atoms. The van der Waals surface area contributed by atoms with Crippen molar-refractivity contribution >= 4 is 11.6 Å². The molecule has 2 aliphatic rings. The summed E-state index contributed by atoms with van der Waals surface area (Å²) in [4.78, 5) is 20.0. The van der Waals surface area contributed by atoms with Crippen LogP contribution < -0.4 is 5.32 Å². The minimum absolute atomic E-state index is 0.206. The molecule has 2 aromatic heterocycles. The summed E-state index contributed by atoms with van der Waals surface area (Å²) in [6.45, 7) is 4.97. The van der Waals surface area contributed by atoms with Crippen LogP contribution in [0, 0.1) is 18.3 Å². The second-order valence-corrected chi connectivity index (χ2v) is 10.1. The van der Waals surface area contributed by atoms with Crippen molar-refractivity contribution < 1.29 is 22.7 Å². The molecule has 11 heteroatoms. The Hall–Kier alpha value is -3.75. The molecular formula is C28H29F3N6O2. The first-order valence-corrected chi connectivity index (χ1v) is 12.9. The summed E-state index contributed by atoms with van der Waals surface area (Å²) in [7, 11) is 0. The molecule has 1 aliphatic heterocycles. The Labute approximate surface area is 224 Å². The van der Waals surface area contributed by atoms with Gasteiger partial charge in [-0.1, -0.05) is 6.07 Å². The number of pyridine rings is 1. The summed E-state index contributed by atoms with van der Waals surface area (Å²) < 4.78 is 46.1. The summed E-state index contributed by atoms with van der Waals surface area (Å²) >= 11 is 0. The lowest BCUT2D eigenvalue weighted by Crippen LogP contribution is -2.47. The SMILES string of the molecule is Cc1c(C(=O)Nc2ccc(C3(C#N)CCC(N4CCOCC4)CC3)nc2)cnn1-c1cccc(C(F)(F)F)c1. The first-order valence-electron chi connectivity index (χ1n) is 12.9. The van der Waals surface area contributed by atoms with Crippen LogP contribution in [-0.4, -0.2) is 57.9 Å². The van der Waals surface area contributed by atoms with E-state index < -0.39 is 23.1 Å². The highest BCUT2D eigenvalue weighted by Gasteiger charge is 2.40. The number of carbonyl (C=O) groups is 1. The lowest BCUT2D eigenvalue weighted by molar-refractivity contribution is -0.137. The maximum absolute atomic E-state index is 13.1. The summed E-state index contributed by atoms with van der Waals surface area (Å²) in [5, 5.41) is 17.0. The monoisotopic (exact) mass is 538 g/mol. The Morgan fingerprint density at radius 1 is 1.15 bits per heavy atom. The number of nitrogens with one attached hydrogen (secondary N) is 1. The van der Waals surface area contributed by atoms with E-state index in [9.17, 15) is 23.2 Å². The van der Waals surface area contributed by atoms with E-state index in [0.29, 0.717) is 23.1 Å². The number of alkyl halides is 3. The van der Waals surface area contributed by atoms with Crippen molar-refractivity contribution in [2.75, 3.05) is 31.6 Å². The lowest BCUT2D eigenvalue weighted by Gasteiger charge is -2.41. The second kappa shape index (κ2) is 10.8. The number of ether oxygens (including phenoxy) is 1. The third-order valence-corrected chi connectivity index (χ3v) is 7.77. The Morgan fingerprint density at radius 2 is 1.90 bits per heavy atom. The van der Waals surface area contributed by atoms with Gasteiger partial charge in [0, 0.05) is 19.1 Å². The van der Waals surface area contributed by atoms with E-state index in [0.717, 1.165) is 64.1 Å². The molecular weight excluding hydrogens is 509 g/mol. The molecule has 1 saturated carbocycles. The summed E-state index contributed by atoms with van der Waals surface area (Å²) in [6.07, 6.45) is 1.65. The summed E-state index contributed by atoms with van der Waals surface area (Å²) in [6, 6.07) is 11.2. The first kappa shape index (κ1) is 26.8.